The lowest BCUT2D eigenvalue weighted by atomic mass is 10.1. The maximum Gasteiger partial charge on any atom is 0.266 e. The third-order valence-electron chi connectivity index (χ3n) is 15.6. The quantitative estimate of drug-likeness (QED) is 0.138. The molecule has 0 saturated carbocycles. The molecule has 15 aromatic rings. The van der Waals surface area contributed by atoms with Gasteiger partial charge in [0.2, 0.25) is 10.7 Å². The highest BCUT2D eigenvalue weighted by Gasteiger charge is 2.15. The summed E-state index contributed by atoms with van der Waals surface area (Å²) in [5, 5.41) is 23.8. The van der Waals surface area contributed by atoms with Crippen molar-refractivity contribution in [2.75, 3.05) is 19.1 Å². The van der Waals surface area contributed by atoms with Gasteiger partial charge in [0.05, 0.1) is 72.4 Å². The molecule has 24 heteroatoms. The zero-order valence-corrected chi connectivity index (χ0v) is 67.7. The van der Waals surface area contributed by atoms with Crippen molar-refractivity contribution in [3.8, 4) is 116 Å². The fourth-order valence-electron chi connectivity index (χ4n) is 10.0. The number of methoxy groups -OCH3 is 1. The number of anilines is 2. The van der Waals surface area contributed by atoms with Crippen molar-refractivity contribution in [3.63, 3.8) is 0 Å². The zero-order chi connectivity index (χ0) is 78.0. The van der Waals surface area contributed by atoms with Crippen LogP contribution in [0.25, 0.3) is 45.0 Å². The van der Waals surface area contributed by atoms with Crippen molar-refractivity contribution in [3.05, 3.63) is 337 Å². The molecule has 0 spiro atoms. The van der Waals surface area contributed by atoms with E-state index in [1.807, 2.05) is 152 Å². The van der Waals surface area contributed by atoms with Crippen molar-refractivity contribution < 1.29 is 52.7 Å². The standard InChI is InChI=1S/C18H10FN3S.C18H13FN2OS.C18H13FN2S.C18H14N2S.C17H14N4S.2ClH/c1-12-22-15(11-23-12)5-2-13-4-7-18(21-10-13)16-8-14(9-20)3-6-17(16)19;1-12-21-14(11-23-12)8-6-13-7-9-16(20-10-13)15-4-3-5-17(22-2)18(15)19;1-12-9-15(5-7-17(12)19)18-8-4-14(10-20-18)3-6-16-11-22-13(2)21-16;1-13-4-3-5-16(10-13)18-9-7-15(11-19-18)6-8-17-12-21-14(2)20-17;1-13-20-15(12-22-13)8-6-14-7-9-17(19-11-14)21(2)16-5-3-4-10-18-16;;/h3-4,6-8,10-11H,1H3;3-5,7,9-11H,1-2H3;4-5,7-11H,1-2H3;3-5,7,9-12H,1-2H3;3-5,7,9-12H,1-2H3;2*1H. The van der Waals surface area contributed by atoms with Crippen LogP contribution < -0.4 is 44.4 Å². The van der Waals surface area contributed by atoms with E-state index in [-0.39, 0.29) is 42.2 Å². The van der Waals surface area contributed by atoms with Crippen LogP contribution in [0.5, 0.6) is 5.75 Å². The van der Waals surface area contributed by atoms with Crippen LogP contribution in [0.1, 0.15) is 98.0 Å². The number of pyridine rings is 6. The molecule has 0 saturated heterocycles. The van der Waals surface area contributed by atoms with Crippen LogP contribution in [-0.2, 0) is 0 Å². The summed E-state index contributed by atoms with van der Waals surface area (Å²) in [5.74, 6) is 31.3. The molecule has 0 amide bonds. The molecule has 0 aliphatic heterocycles. The fraction of sp³-hybridized carbons (Fsp3) is 0.101. The van der Waals surface area contributed by atoms with Gasteiger partial charge in [-0.15, -0.1) is 45.3 Å². The van der Waals surface area contributed by atoms with Crippen LogP contribution in [-0.4, -0.2) is 59.0 Å². The highest BCUT2D eigenvalue weighted by Crippen LogP contribution is 2.29. The summed E-state index contributed by atoms with van der Waals surface area (Å²) in [6.07, 6.45) is 10.4. The molecule has 558 valence electrons. The van der Waals surface area contributed by atoms with Crippen molar-refractivity contribution in [2.45, 2.75) is 48.5 Å². The molecule has 0 atom stereocenters. The normalized spacial score (nSPS) is 9.80. The lowest BCUT2D eigenvalue weighted by molar-refractivity contribution is -0.383. The van der Waals surface area contributed by atoms with E-state index in [2.05, 4.69) is 139 Å². The van der Waals surface area contributed by atoms with E-state index in [0.717, 1.165) is 115 Å². The molecular weight excluding hydrogens is 1560 g/mol. The summed E-state index contributed by atoms with van der Waals surface area (Å²) in [6.45, 7) is 13.7. The van der Waals surface area contributed by atoms with E-state index in [0.29, 0.717) is 33.6 Å². The number of ether oxygens (including phenoxy) is 1. The molecule has 0 unspecified atom stereocenters. The first-order valence-electron chi connectivity index (χ1n) is 34.0. The molecule has 11 heterocycles. The van der Waals surface area contributed by atoms with E-state index < -0.39 is 5.82 Å². The lowest BCUT2D eigenvalue weighted by Gasteiger charge is -2.16. The Hall–Kier alpha value is -12.8. The van der Waals surface area contributed by atoms with E-state index >= 15 is 0 Å². The average Bonchev–Trinajstić information content (AvgIpc) is 0.963. The third kappa shape index (κ3) is 25.1. The third-order valence-corrected chi connectivity index (χ3v) is 19.5. The lowest BCUT2D eigenvalue weighted by Crippen LogP contribution is -3.00. The Kier molecular flexibility index (Phi) is 31.2. The van der Waals surface area contributed by atoms with E-state index in [9.17, 15) is 13.2 Å². The molecule has 4 aromatic carbocycles. The minimum Gasteiger partial charge on any atom is -1.00 e. The summed E-state index contributed by atoms with van der Waals surface area (Å²) in [4.78, 5) is 47.3. The minimum atomic E-state index is -0.417. The predicted molar refractivity (Wildman–Crippen MR) is 438 cm³/mol. The Labute approximate surface area is 686 Å². The molecule has 113 heavy (non-hydrogen) atoms. The number of halogens is 5. The number of H-pyrrole nitrogens is 2. The van der Waals surface area contributed by atoms with Gasteiger partial charge >= 0.3 is 0 Å². The molecule has 14 nitrogen and oxygen atoms in total. The van der Waals surface area contributed by atoms with Crippen LogP contribution in [0, 0.1) is 136 Å². The number of aryl methyl sites for hydroxylation is 7. The summed E-state index contributed by atoms with van der Waals surface area (Å²) in [7, 11) is 3.38. The smallest absolute Gasteiger partial charge is 0.266 e. The summed E-state index contributed by atoms with van der Waals surface area (Å²) >= 11 is 7.97. The minimum absolute atomic E-state index is 0. The fourth-order valence-corrected chi connectivity index (χ4v) is 12.8. The molecule has 0 bridgehead atoms. The first-order valence-corrected chi connectivity index (χ1v) is 38.4. The number of hydrogen-bond donors (Lipinski definition) is 0. The number of rotatable bonds is 7. The van der Waals surface area contributed by atoms with Gasteiger partial charge in [0.25, 0.3) is 5.69 Å². The second-order valence-electron chi connectivity index (χ2n) is 24.0. The number of nitrogens with zero attached hydrogens (tertiary/aromatic N) is 11. The Morgan fingerprint density at radius 3 is 1.37 bits per heavy atom. The zero-order valence-electron chi connectivity index (χ0n) is 62.1. The topological polar surface area (TPSA) is 181 Å². The molecule has 0 radical (unpaired) electrons. The van der Waals surface area contributed by atoms with Gasteiger partial charge < -0.3 is 34.5 Å². The van der Waals surface area contributed by atoms with Crippen LogP contribution in [0.3, 0.4) is 0 Å². The molecule has 2 N–H and O–H groups in total. The first-order chi connectivity index (χ1) is 53.9. The second-order valence-corrected chi connectivity index (χ2v) is 29.3. The Bertz CT molecular complexity index is 6110. The average molecular weight is 1620 g/mol. The van der Waals surface area contributed by atoms with Gasteiger partial charge in [-0.2, -0.15) is 10.2 Å². The SMILES string of the molecule is COc1cccc(-c2ccc(C#Cc3csc(C)n3)cn2)c1F.Cc1[nH+]c(C#Cc2ccc(N(C)c3ccccn3)nc2)cs1.Cc1cccc(-c2ccc(C#Cc3csc(C)n3)cn2)c1.Cc1nc(C#Cc2ccc(-c3cc(C#N)ccc3F)[nH+]c2)cs1.Cc1nc(C#Cc2ccc(-c3ccc(F)c(C)c3)nc2)cs1.[Cl-].[Cl-]. The molecule has 0 aliphatic rings. The van der Waals surface area contributed by atoms with E-state index in [1.54, 1.807) is 143 Å². The van der Waals surface area contributed by atoms with Gasteiger partial charge in [-0.05, 0) is 192 Å². The van der Waals surface area contributed by atoms with Gasteiger partial charge in [-0.1, -0.05) is 76.8 Å². The Morgan fingerprint density at radius 1 is 0.425 bits per heavy atom. The van der Waals surface area contributed by atoms with E-state index in [1.165, 1.54) is 36.9 Å². The molecule has 11 aromatic heterocycles. The van der Waals surface area contributed by atoms with Crippen molar-refractivity contribution in [1.29, 1.82) is 5.26 Å². The molecular formula is C89H66Cl2F3N13OS5. The molecule has 0 fully saturated rings. The van der Waals surface area contributed by atoms with E-state index in [4.69, 9.17) is 10.00 Å². The number of nitriles is 1. The van der Waals surface area contributed by atoms with Crippen LogP contribution in [0.15, 0.2) is 222 Å². The van der Waals surface area contributed by atoms with Gasteiger partial charge in [0.1, 0.15) is 46.0 Å². The predicted octanol–water partition coefficient (Wildman–Crippen LogP) is 12.8. The highest BCUT2D eigenvalue weighted by molar-refractivity contribution is 7.10. The van der Waals surface area contributed by atoms with Gasteiger partial charge in [0.15, 0.2) is 17.8 Å². The monoisotopic (exact) mass is 1620 g/mol. The van der Waals surface area contributed by atoms with Crippen molar-refractivity contribution in [1.82, 2.24) is 44.9 Å². The van der Waals surface area contributed by atoms with Gasteiger partial charge in [0, 0.05) is 117 Å². The number of benzene rings is 4. The summed E-state index contributed by atoms with van der Waals surface area (Å²) in [5.41, 5.74) is 16.1. The highest BCUT2D eigenvalue weighted by atomic mass is 35.5. The maximum atomic E-state index is 14.2. The van der Waals surface area contributed by atoms with Gasteiger partial charge in [-0.3, -0.25) is 15.0 Å². The van der Waals surface area contributed by atoms with Gasteiger partial charge in [-0.25, -0.2) is 48.1 Å². The molecule has 15 rings (SSSR count). The Balaban J connectivity index is 0.000000161. The largest absolute Gasteiger partial charge is 1.00 e. The number of thiazole rings is 5. The summed E-state index contributed by atoms with van der Waals surface area (Å²) < 4.78 is 46.4. The van der Waals surface area contributed by atoms with Crippen molar-refractivity contribution >= 4 is 68.3 Å². The number of hydrogen-bond acceptors (Lipinski definition) is 17. The second kappa shape index (κ2) is 41.8. The number of aromatic nitrogens is 11. The van der Waals surface area contributed by atoms with Crippen LogP contribution in [0.2, 0.25) is 0 Å². The molecule has 0 aliphatic carbocycles. The van der Waals surface area contributed by atoms with Crippen molar-refractivity contribution in [2.24, 2.45) is 0 Å². The maximum absolute atomic E-state index is 14.2. The first kappa shape index (κ1) is 84.2. The Morgan fingerprint density at radius 2 is 0.920 bits per heavy atom. The number of nitrogens with one attached hydrogen (secondary N) is 2. The van der Waals surface area contributed by atoms with Crippen LogP contribution in [0.4, 0.5) is 24.8 Å². The number of aromatic amines is 2. The summed E-state index contributed by atoms with van der Waals surface area (Å²) in [6, 6.07) is 49.2. The van der Waals surface area contributed by atoms with Crippen LogP contribution >= 0.6 is 56.7 Å².